The summed E-state index contributed by atoms with van der Waals surface area (Å²) in [5.41, 5.74) is 0. The van der Waals surface area contributed by atoms with E-state index in [1.54, 1.807) is 0 Å². The zero-order valence-electron chi connectivity index (χ0n) is 3.72. The van der Waals surface area contributed by atoms with Gasteiger partial charge in [0.25, 0.3) is 0 Å². The van der Waals surface area contributed by atoms with E-state index in [0.29, 0.717) is 0 Å². The van der Waals surface area contributed by atoms with E-state index in [-0.39, 0.29) is 0 Å². The molecule has 0 unspecified atom stereocenters. The van der Waals surface area contributed by atoms with Crippen molar-refractivity contribution >= 4 is 12.9 Å². The normalized spacial score (nSPS) is 17.0. The van der Waals surface area contributed by atoms with Gasteiger partial charge in [-0.3, -0.25) is 0 Å². The Morgan fingerprint density at radius 2 is 1.00 bits per heavy atom. The van der Waals surface area contributed by atoms with E-state index in [1.165, 1.54) is 25.7 Å². The predicted molar refractivity (Wildman–Crippen MR) is 30.1 cm³/mol. The van der Waals surface area contributed by atoms with Crippen LogP contribution >= 0.6 is 12.9 Å². The van der Waals surface area contributed by atoms with Crippen molar-refractivity contribution in [1.29, 1.82) is 0 Å². The summed E-state index contributed by atoms with van der Waals surface area (Å²) in [5.74, 6) is 0. The van der Waals surface area contributed by atoms with E-state index in [2.05, 4.69) is 12.9 Å². The Morgan fingerprint density at radius 1 is 0.833 bits per heavy atom. The molecule has 0 saturated heterocycles. The van der Waals surface area contributed by atoms with Crippen LogP contribution in [0.2, 0.25) is 0 Å². The second-order valence-corrected chi connectivity index (χ2v) is 1.41. The molecule has 1 fully saturated rings. The molecule has 2 heteroatoms. The molecule has 0 radical (unpaired) electrons. The highest BCUT2D eigenvalue weighted by molar-refractivity contribution is 7.74. The predicted octanol–water partition coefficient (Wildman–Crippen LogP) is 1.95. The van der Waals surface area contributed by atoms with E-state index in [4.69, 9.17) is 4.55 Å². The lowest BCUT2D eigenvalue weighted by atomic mass is 10.0. The van der Waals surface area contributed by atoms with Crippen LogP contribution in [0.3, 0.4) is 0 Å². The Kier molecular flexibility index (Phi) is 5.58. The second kappa shape index (κ2) is 5.31. The molecule has 0 aromatic rings. The van der Waals surface area contributed by atoms with Crippen molar-refractivity contribution in [2.24, 2.45) is 0 Å². The number of rotatable bonds is 0. The molecule has 1 aliphatic carbocycles. The molecule has 0 aliphatic heterocycles. The molecule has 1 aliphatic rings. The van der Waals surface area contributed by atoms with E-state index in [9.17, 15) is 0 Å². The first kappa shape index (κ1) is 6.31. The molecule has 0 amide bonds. The van der Waals surface area contributed by atoms with Gasteiger partial charge in [-0.25, -0.2) is 0 Å². The van der Waals surface area contributed by atoms with Gasteiger partial charge in [-0.1, -0.05) is 25.7 Å². The highest BCUT2D eigenvalue weighted by atomic mass is 32.1. The van der Waals surface area contributed by atoms with E-state index < -0.39 is 0 Å². The van der Waals surface area contributed by atoms with Crippen molar-refractivity contribution in [2.75, 3.05) is 0 Å². The topological polar surface area (TPSA) is 20.2 Å². The maximum atomic E-state index is 6.69. The molecule has 1 N–H and O–H groups in total. The van der Waals surface area contributed by atoms with Gasteiger partial charge in [0, 0.05) is 0 Å². The molecule has 1 nitrogen and oxygen atoms in total. The Labute approximate surface area is 44.0 Å². The van der Waals surface area contributed by atoms with E-state index in [0.717, 1.165) is 0 Å². The van der Waals surface area contributed by atoms with Crippen LogP contribution in [0.5, 0.6) is 0 Å². The quantitative estimate of drug-likeness (QED) is 0.357. The van der Waals surface area contributed by atoms with Gasteiger partial charge >= 0.3 is 0 Å². The molecule has 1 saturated carbocycles. The molecule has 6 heavy (non-hydrogen) atoms. The van der Waals surface area contributed by atoms with E-state index in [1.807, 2.05) is 0 Å². The number of thiol groups is 1. The summed E-state index contributed by atoms with van der Waals surface area (Å²) in [5, 5.41) is 0. The Balaban J connectivity index is 0.000000112. The number of hydrogen-bond acceptors (Lipinski definition) is 2. The van der Waals surface area contributed by atoms with Gasteiger partial charge in [0.2, 0.25) is 0 Å². The average Bonchev–Trinajstić information content (AvgIpc) is 1.36. The van der Waals surface area contributed by atoms with Crippen LogP contribution in [0.25, 0.3) is 0 Å². The van der Waals surface area contributed by atoms with Gasteiger partial charge in [-0.15, -0.1) is 0 Å². The minimum absolute atomic E-state index is 1.50. The van der Waals surface area contributed by atoms with Crippen molar-refractivity contribution in [3.8, 4) is 0 Å². The second-order valence-electron chi connectivity index (χ2n) is 1.41. The van der Waals surface area contributed by atoms with Crippen LogP contribution in [-0.2, 0) is 0 Å². The zero-order valence-corrected chi connectivity index (χ0v) is 4.62. The third-order valence-corrected chi connectivity index (χ3v) is 1.000. The van der Waals surface area contributed by atoms with Gasteiger partial charge < -0.3 is 4.55 Å². The van der Waals surface area contributed by atoms with Crippen LogP contribution in [0, 0.1) is 0 Å². The van der Waals surface area contributed by atoms with Gasteiger partial charge in [0.15, 0.2) is 0 Å². The summed E-state index contributed by atoms with van der Waals surface area (Å²) in [6.07, 6.45) is 6.00. The maximum Gasteiger partial charge on any atom is -0.0295 e. The Hall–Kier alpha value is 0.310. The molecule has 38 valence electrons. The smallest absolute Gasteiger partial charge is 0.0295 e. The summed E-state index contributed by atoms with van der Waals surface area (Å²) in [6.45, 7) is 0. The first-order chi connectivity index (χ1) is 3.00. The molecule has 1 rings (SSSR count). The van der Waals surface area contributed by atoms with Crippen LogP contribution in [0.15, 0.2) is 0 Å². The standard InChI is InChI=1S/C4H8.H2OS/c1-2-4-3-1;1-2/h1-4H2;1-2H. The zero-order chi connectivity index (χ0) is 4.83. The third kappa shape index (κ3) is 2.54. The van der Waals surface area contributed by atoms with Gasteiger partial charge in [-0.05, 0) is 12.9 Å². The Bertz CT molecular complexity index is 15.5. The Morgan fingerprint density at radius 3 is 1.00 bits per heavy atom. The summed E-state index contributed by atoms with van der Waals surface area (Å²) in [7, 11) is 0. The molecule has 0 aromatic heterocycles. The maximum absolute atomic E-state index is 6.69. The molecule has 0 bridgehead atoms. The van der Waals surface area contributed by atoms with Gasteiger partial charge in [0.1, 0.15) is 0 Å². The minimum Gasteiger partial charge on any atom is -0.333 e. The van der Waals surface area contributed by atoms with E-state index >= 15 is 0 Å². The van der Waals surface area contributed by atoms with Crippen molar-refractivity contribution in [3.63, 3.8) is 0 Å². The molecular formula is C4H10OS. The molecule has 0 spiro atoms. The van der Waals surface area contributed by atoms with Crippen molar-refractivity contribution < 1.29 is 4.55 Å². The summed E-state index contributed by atoms with van der Waals surface area (Å²) in [6, 6.07) is 0. The molecule has 0 aromatic carbocycles. The average molecular weight is 106 g/mol. The summed E-state index contributed by atoms with van der Waals surface area (Å²) in [4.78, 5) is 0. The first-order valence-electron chi connectivity index (χ1n) is 2.20. The lowest BCUT2D eigenvalue weighted by molar-refractivity contribution is 0.504. The SMILES string of the molecule is C1CCC1.OS. The summed E-state index contributed by atoms with van der Waals surface area (Å²) >= 11 is 2.53. The monoisotopic (exact) mass is 106 g/mol. The number of hydrogen-bond donors (Lipinski definition) is 2. The molecular weight excluding hydrogens is 96.1 g/mol. The fourth-order valence-corrected chi connectivity index (χ4v) is 0.250. The van der Waals surface area contributed by atoms with Gasteiger partial charge in [0.05, 0.1) is 0 Å². The first-order valence-corrected chi connectivity index (χ1v) is 2.60. The van der Waals surface area contributed by atoms with Crippen LogP contribution < -0.4 is 0 Å². The molecule has 0 atom stereocenters. The van der Waals surface area contributed by atoms with Crippen LogP contribution in [0.1, 0.15) is 25.7 Å². The van der Waals surface area contributed by atoms with Crippen LogP contribution in [-0.4, -0.2) is 4.55 Å². The largest absolute Gasteiger partial charge is 0.333 e. The third-order valence-electron chi connectivity index (χ3n) is 1.000. The fourth-order valence-electron chi connectivity index (χ4n) is 0.250. The highest BCUT2D eigenvalue weighted by Crippen LogP contribution is 2.15. The highest BCUT2D eigenvalue weighted by Gasteiger charge is 1.95. The van der Waals surface area contributed by atoms with Crippen molar-refractivity contribution in [2.45, 2.75) is 25.7 Å². The van der Waals surface area contributed by atoms with Crippen molar-refractivity contribution in [3.05, 3.63) is 0 Å². The van der Waals surface area contributed by atoms with Crippen LogP contribution in [0.4, 0.5) is 0 Å². The van der Waals surface area contributed by atoms with Gasteiger partial charge in [-0.2, -0.15) is 0 Å². The molecule has 0 heterocycles. The summed E-state index contributed by atoms with van der Waals surface area (Å²) < 4.78 is 6.69. The fraction of sp³-hybridized carbons (Fsp3) is 1.00. The lowest BCUT2D eigenvalue weighted by Gasteiger charge is -2.05. The minimum atomic E-state index is 1.50. The van der Waals surface area contributed by atoms with Crippen molar-refractivity contribution in [1.82, 2.24) is 0 Å². The lowest BCUT2D eigenvalue weighted by Crippen LogP contribution is -1.85.